The molecule has 1 N–H and O–H groups in total. The lowest BCUT2D eigenvalue weighted by atomic mass is 9.62. The van der Waals surface area contributed by atoms with Crippen molar-refractivity contribution in [2.45, 2.75) is 37.0 Å². The number of carbonyl (C=O) groups excluding carboxylic acids is 2. The standard InChI is InChI=1S/C28H33F3N2O5/c1-36-16-17-38-23-11-7-6-10-21(23)22-19-32-24(34)18-26(22)12-14-33(15-13-26)25(35)27(37-2,28(29,30)31)20-8-4-3-5-9-20/h3-11,22H,12-19H2,1-2H3,(H,32,34)/t22-,27-/m1/s1. The maximum absolute atomic E-state index is 14.5. The summed E-state index contributed by atoms with van der Waals surface area (Å²) in [7, 11) is 2.50. The van der Waals surface area contributed by atoms with Crippen LogP contribution in [0.25, 0.3) is 0 Å². The number of likely N-dealkylation sites (tertiary alicyclic amines) is 1. The largest absolute Gasteiger partial charge is 0.491 e. The quantitative estimate of drug-likeness (QED) is 0.518. The lowest BCUT2D eigenvalue weighted by molar-refractivity contribution is -0.271. The van der Waals surface area contributed by atoms with E-state index in [9.17, 15) is 22.8 Å². The summed E-state index contributed by atoms with van der Waals surface area (Å²) in [6, 6.07) is 14.6. The van der Waals surface area contributed by atoms with Gasteiger partial charge in [0, 0.05) is 51.8 Å². The summed E-state index contributed by atoms with van der Waals surface area (Å²) in [5, 5.41) is 2.94. The molecule has 10 heteroatoms. The van der Waals surface area contributed by atoms with Gasteiger partial charge in [0.25, 0.3) is 11.5 Å². The zero-order valence-electron chi connectivity index (χ0n) is 21.6. The number of hydrogen-bond donors (Lipinski definition) is 1. The number of nitrogens with one attached hydrogen (secondary N) is 1. The third-order valence-corrected chi connectivity index (χ3v) is 7.83. The van der Waals surface area contributed by atoms with Crippen LogP contribution < -0.4 is 10.1 Å². The van der Waals surface area contributed by atoms with E-state index in [0.717, 1.165) is 12.7 Å². The number of piperidine rings is 2. The van der Waals surface area contributed by atoms with E-state index in [0.29, 0.717) is 38.3 Å². The van der Waals surface area contributed by atoms with Crippen LogP contribution in [0.4, 0.5) is 13.2 Å². The highest BCUT2D eigenvalue weighted by atomic mass is 19.4. The van der Waals surface area contributed by atoms with Gasteiger partial charge >= 0.3 is 6.18 Å². The topological polar surface area (TPSA) is 77.1 Å². The van der Waals surface area contributed by atoms with Crippen LogP contribution in [0.5, 0.6) is 5.75 Å². The maximum Gasteiger partial charge on any atom is 0.430 e. The number of methoxy groups -OCH3 is 2. The number of halogens is 3. The van der Waals surface area contributed by atoms with E-state index in [4.69, 9.17) is 14.2 Å². The Balaban J connectivity index is 1.61. The number of nitrogens with zero attached hydrogens (tertiary/aromatic N) is 1. The molecule has 2 aromatic rings. The molecule has 2 amide bonds. The van der Waals surface area contributed by atoms with Gasteiger partial charge in [-0.3, -0.25) is 9.59 Å². The van der Waals surface area contributed by atoms with Crippen molar-refractivity contribution in [1.82, 2.24) is 10.2 Å². The Morgan fingerprint density at radius 3 is 2.32 bits per heavy atom. The van der Waals surface area contributed by atoms with Crippen LogP contribution in [-0.4, -0.2) is 70.0 Å². The molecule has 7 nitrogen and oxygen atoms in total. The first-order valence-corrected chi connectivity index (χ1v) is 12.6. The van der Waals surface area contributed by atoms with Gasteiger partial charge < -0.3 is 24.4 Å². The molecule has 2 atom stereocenters. The van der Waals surface area contributed by atoms with Crippen molar-refractivity contribution < 1.29 is 37.0 Å². The van der Waals surface area contributed by atoms with Crippen LogP contribution in [0, 0.1) is 5.41 Å². The summed E-state index contributed by atoms with van der Waals surface area (Å²) in [4.78, 5) is 27.3. The monoisotopic (exact) mass is 534 g/mol. The van der Waals surface area contributed by atoms with E-state index in [1.54, 1.807) is 13.2 Å². The number of amides is 2. The average Bonchev–Trinajstić information content (AvgIpc) is 2.90. The molecule has 2 aromatic carbocycles. The van der Waals surface area contributed by atoms with Gasteiger partial charge in [0.15, 0.2) is 0 Å². The minimum Gasteiger partial charge on any atom is -0.491 e. The van der Waals surface area contributed by atoms with E-state index < -0.39 is 23.1 Å². The molecule has 2 aliphatic rings. The minimum absolute atomic E-state index is 0.0728. The molecule has 0 unspecified atom stereocenters. The van der Waals surface area contributed by atoms with Gasteiger partial charge in [-0.2, -0.15) is 13.2 Å². The van der Waals surface area contributed by atoms with Crippen molar-refractivity contribution >= 4 is 11.8 Å². The maximum atomic E-state index is 14.5. The van der Waals surface area contributed by atoms with Crippen LogP contribution in [0.2, 0.25) is 0 Å². The molecule has 2 saturated heterocycles. The van der Waals surface area contributed by atoms with Crippen LogP contribution in [-0.2, 0) is 24.7 Å². The zero-order valence-corrected chi connectivity index (χ0v) is 21.6. The molecule has 2 heterocycles. The van der Waals surface area contributed by atoms with Gasteiger partial charge in [-0.1, -0.05) is 48.5 Å². The molecule has 1 spiro atoms. The molecule has 0 aromatic heterocycles. The highest BCUT2D eigenvalue weighted by Crippen LogP contribution is 2.52. The van der Waals surface area contributed by atoms with Crippen molar-refractivity contribution in [3.63, 3.8) is 0 Å². The number of benzene rings is 2. The zero-order chi connectivity index (χ0) is 27.4. The first-order valence-electron chi connectivity index (χ1n) is 12.6. The minimum atomic E-state index is -4.97. The molecule has 0 radical (unpaired) electrons. The van der Waals surface area contributed by atoms with Crippen LogP contribution in [0.1, 0.15) is 36.3 Å². The second kappa shape index (κ2) is 11.3. The third-order valence-electron chi connectivity index (χ3n) is 7.83. The first-order chi connectivity index (χ1) is 18.2. The molecule has 0 bridgehead atoms. The fourth-order valence-electron chi connectivity index (χ4n) is 5.82. The first kappa shape index (κ1) is 27.9. The second-order valence-electron chi connectivity index (χ2n) is 9.82. The number of carbonyl (C=O) groups is 2. The molecule has 4 rings (SSSR count). The lowest BCUT2D eigenvalue weighted by Gasteiger charge is -2.50. The van der Waals surface area contributed by atoms with Crippen molar-refractivity contribution in [2.24, 2.45) is 5.41 Å². The lowest BCUT2D eigenvalue weighted by Crippen LogP contribution is -2.60. The highest BCUT2D eigenvalue weighted by molar-refractivity contribution is 5.88. The molecule has 0 aliphatic carbocycles. The van der Waals surface area contributed by atoms with Gasteiger partial charge in [0.1, 0.15) is 12.4 Å². The number of ether oxygens (including phenoxy) is 3. The summed E-state index contributed by atoms with van der Waals surface area (Å²) in [6.07, 6.45) is -4.01. The molecular formula is C28H33F3N2O5. The van der Waals surface area contributed by atoms with Gasteiger partial charge in [-0.15, -0.1) is 0 Å². The van der Waals surface area contributed by atoms with Gasteiger partial charge in [0.05, 0.1) is 6.61 Å². The number of rotatable bonds is 8. The van der Waals surface area contributed by atoms with Gasteiger partial charge in [-0.25, -0.2) is 0 Å². The fraction of sp³-hybridized carbons (Fsp3) is 0.500. The summed E-state index contributed by atoms with van der Waals surface area (Å²) in [5.41, 5.74) is -2.98. The van der Waals surface area contributed by atoms with Crippen molar-refractivity contribution in [3.05, 3.63) is 65.7 Å². The Labute approximate surface area is 220 Å². The number of hydrogen-bond acceptors (Lipinski definition) is 5. The Hall–Kier alpha value is -3.11. The van der Waals surface area contributed by atoms with E-state index in [-0.39, 0.29) is 36.9 Å². The molecule has 2 aliphatic heterocycles. The Bertz CT molecular complexity index is 1120. The van der Waals surface area contributed by atoms with Crippen LogP contribution in [0.15, 0.2) is 54.6 Å². The SMILES string of the molecule is COCCOc1ccccc1[C@H]1CNC(=O)CC12CCN(C(=O)[C@](OC)(c1ccccc1)C(F)(F)F)CC2. The Kier molecular flexibility index (Phi) is 8.32. The Morgan fingerprint density at radius 2 is 1.68 bits per heavy atom. The van der Waals surface area contributed by atoms with E-state index in [1.165, 1.54) is 29.2 Å². The van der Waals surface area contributed by atoms with E-state index in [1.807, 2.05) is 24.3 Å². The average molecular weight is 535 g/mol. The van der Waals surface area contributed by atoms with Gasteiger partial charge in [0.2, 0.25) is 5.91 Å². The van der Waals surface area contributed by atoms with E-state index >= 15 is 0 Å². The normalized spacial score (nSPS) is 21.0. The highest BCUT2D eigenvalue weighted by Gasteiger charge is 2.64. The molecule has 38 heavy (non-hydrogen) atoms. The predicted molar refractivity (Wildman–Crippen MR) is 134 cm³/mol. The molecule has 0 saturated carbocycles. The fourth-order valence-corrected chi connectivity index (χ4v) is 5.82. The Morgan fingerprint density at radius 1 is 1.03 bits per heavy atom. The smallest absolute Gasteiger partial charge is 0.430 e. The van der Waals surface area contributed by atoms with Crippen LogP contribution >= 0.6 is 0 Å². The molecule has 206 valence electrons. The third kappa shape index (κ3) is 5.11. The van der Waals surface area contributed by atoms with E-state index in [2.05, 4.69) is 5.32 Å². The number of para-hydroxylation sites is 1. The predicted octanol–water partition coefficient (Wildman–Crippen LogP) is 4.03. The van der Waals surface area contributed by atoms with Crippen molar-refractivity contribution in [1.29, 1.82) is 0 Å². The summed E-state index contributed by atoms with van der Waals surface area (Å²) < 4.78 is 59.5. The van der Waals surface area contributed by atoms with Crippen molar-refractivity contribution in [2.75, 3.05) is 47.1 Å². The molecular weight excluding hydrogens is 501 g/mol. The molecule has 2 fully saturated rings. The van der Waals surface area contributed by atoms with Crippen LogP contribution in [0.3, 0.4) is 0 Å². The summed E-state index contributed by atoms with van der Waals surface area (Å²) in [5.74, 6) is -0.693. The second-order valence-corrected chi connectivity index (χ2v) is 9.82. The summed E-state index contributed by atoms with van der Waals surface area (Å²) >= 11 is 0. The number of alkyl halides is 3. The van der Waals surface area contributed by atoms with Gasteiger partial charge in [-0.05, 0) is 29.9 Å². The van der Waals surface area contributed by atoms with Crippen molar-refractivity contribution in [3.8, 4) is 5.75 Å². The summed E-state index contributed by atoms with van der Waals surface area (Å²) in [6.45, 7) is 1.30.